The summed E-state index contributed by atoms with van der Waals surface area (Å²) in [5.41, 5.74) is 17.4. The van der Waals surface area contributed by atoms with E-state index in [1.165, 1.54) is 10.8 Å². The van der Waals surface area contributed by atoms with E-state index in [0.717, 1.165) is 173 Å². The Morgan fingerprint density at radius 2 is 0.598 bits per heavy atom. The summed E-state index contributed by atoms with van der Waals surface area (Å²) in [6.07, 6.45) is 0. The summed E-state index contributed by atoms with van der Waals surface area (Å²) in [6, 6.07) is 107. The van der Waals surface area contributed by atoms with Gasteiger partial charge in [-0.15, -0.1) is 22.7 Å². The lowest BCUT2D eigenvalue weighted by Crippen LogP contribution is -2.00. The summed E-state index contributed by atoms with van der Waals surface area (Å²) in [7, 11) is 0. The van der Waals surface area contributed by atoms with Crippen molar-refractivity contribution in [2.24, 2.45) is 0 Å². The molecule has 8 heterocycles. The number of hydrogen-bond donors (Lipinski definition) is 0. The number of rotatable bonds is 9. The van der Waals surface area contributed by atoms with Gasteiger partial charge in [0.05, 0.1) is 33.4 Å². The molecule has 12 heteroatoms. The molecule has 0 saturated heterocycles. The maximum absolute atomic E-state index is 7.17. The monoisotopic (exact) mass is 1340 g/mol. The highest BCUT2D eigenvalue weighted by Gasteiger charge is 2.25. The number of thiophene rings is 2. The molecule has 102 heavy (non-hydrogen) atoms. The van der Waals surface area contributed by atoms with Gasteiger partial charge in [0.2, 0.25) is 0 Å². The van der Waals surface area contributed by atoms with Gasteiger partial charge in [-0.05, 0) is 90.0 Å². The molecule has 0 aliphatic heterocycles. The lowest BCUT2D eigenvalue weighted by molar-refractivity contribution is 0.666. The minimum atomic E-state index is 0.583. The Labute approximate surface area is 588 Å². The largest absolute Gasteiger partial charge is 0.454 e. The lowest BCUT2D eigenvalue weighted by Gasteiger charge is -2.11. The Morgan fingerprint density at radius 1 is 0.225 bits per heavy atom. The highest BCUT2D eigenvalue weighted by atomic mass is 32.1. The maximum atomic E-state index is 7.17. The molecule has 0 amide bonds. The molecule has 10 nitrogen and oxygen atoms in total. The number of furan rings is 2. The third kappa shape index (κ3) is 8.70. The van der Waals surface area contributed by atoms with Gasteiger partial charge >= 0.3 is 0 Å². The minimum Gasteiger partial charge on any atom is -0.454 e. The molecule has 8 aromatic heterocycles. The van der Waals surface area contributed by atoms with Crippen molar-refractivity contribution in [3.8, 4) is 90.8 Å². The van der Waals surface area contributed by atoms with Crippen LogP contribution >= 0.6 is 22.7 Å². The molecule has 0 radical (unpaired) electrons. The van der Waals surface area contributed by atoms with Crippen LogP contribution in [0.5, 0.6) is 0 Å². The van der Waals surface area contributed by atoms with Crippen molar-refractivity contribution in [1.29, 1.82) is 0 Å². The second kappa shape index (κ2) is 22.1. The van der Waals surface area contributed by atoms with E-state index in [2.05, 4.69) is 234 Å². The van der Waals surface area contributed by atoms with Crippen molar-refractivity contribution in [2.75, 3.05) is 0 Å². The number of nitrogens with zero attached hydrogens (tertiary/aromatic N) is 8. The first-order valence-electron chi connectivity index (χ1n) is 34.0. The van der Waals surface area contributed by atoms with Gasteiger partial charge in [0.1, 0.15) is 11.2 Å². The number of fused-ring (bicyclic) bond motifs is 18. The fraction of sp³-hybridized carbons (Fsp3) is 0. The number of aromatic nitrogens is 8. The van der Waals surface area contributed by atoms with Crippen LogP contribution < -0.4 is 0 Å². The van der Waals surface area contributed by atoms with Crippen LogP contribution in [0, 0.1) is 0 Å². The Balaban J connectivity index is 0.641. The van der Waals surface area contributed by atoms with Gasteiger partial charge in [-0.1, -0.05) is 224 Å². The third-order valence-electron chi connectivity index (χ3n) is 20.2. The standard InChI is InChI=1S/C90H50N8O2S2/c1-4-21-51(22-5-1)85-91-86(52-23-6-2-7-24-52)94-89(93-85)66-37-18-35-64-70-48-77-68(49-79(70)101-84(64)66)62-33-20-42-75(82(62)99-77)98-73-40-15-12-31-59(73)60-44-43-55(46-76(60)98)54-27-16-28-56(45-54)88-92-87(53-25-8-3-9-26-53)95-90(96-88)65-36-17-34-63-69-47-67-61-32-19-41-74(81(61)100-78(67)50-80(69)102-83(63)65)97-71-38-13-10-29-57(71)58-30-11-14-39-72(58)97/h1-50H. The quantitative estimate of drug-likeness (QED) is 0.140. The second-order valence-corrected chi connectivity index (χ2v) is 28.1. The number of hydrogen-bond acceptors (Lipinski definition) is 10. The molecular formula is C90H50N8O2S2. The molecule has 0 aliphatic carbocycles. The van der Waals surface area contributed by atoms with Gasteiger partial charge in [-0.3, -0.25) is 0 Å². The van der Waals surface area contributed by atoms with E-state index in [4.69, 9.17) is 38.7 Å². The zero-order valence-electron chi connectivity index (χ0n) is 54.1. The van der Waals surface area contributed by atoms with Crippen molar-refractivity contribution in [3.05, 3.63) is 303 Å². The molecule has 0 bridgehead atoms. The van der Waals surface area contributed by atoms with E-state index in [0.29, 0.717) is 34.9 Å². The third-order valence-corrected chi connectivity index (χ3v) is 22.6. The van der Waals surface area contributed by atoms with E-state index < -0.39 is 0 Å². The molecule has 0 N–H and O–H groups in total. The predicted octanol–water partition coefficient (Wildman–Crippen LogP) is 24.5. The van der Waals surface area contributed by atoms with Crippen LogP contribution in [0.25, 0.3) is 219 Å². The van der Waals surface area contributed by atoms with E-state index in [1.54, 1.807) is 22.7 Å². The summed E-state index contributed by atoms with van der Waals surface area (Å²) in [6.45, 7) is 0. The van der Waals surface area contributed by atoms with Crippen molar-refractivity contribution >= 4 is 151 Å². The summed E-state index contributed by atoms with van der Waals surface area (Å²) in [5, 5.41) is 13.5. The van der Waals surface area contributed by atoms with Gasteiger partial charge in [-0.25, -0.2) is 29.9 Å². The fourth-order valence-electron chi connectivity index (χ4n) is 15.6. The van der Waals surface area contributed by atoms with Crippen LogP contribution in [0.15, 0.2) is 312 Å². The number of para-hydroxylation sites is 5. The molecule has 14 aromatic carbocycles. The van der Waals surface area contributed by atoms with Gasteiger partial charge in [0.15, 0.2) is 46.1 Å². The lowest BCUT2D eigenvalue weighted by atomic mass is 10.0. The molecule has 0 unspecified atom stereocenters. The molecule has 0 spiro atoms. The van der Waals surface area contributed by atoms with Crippen LogP contribution in [0.3, 0.4) is 0 Å². The summed E-state index contributed by atoms with van der Waals surface area (Å²) in [5.74, 6) is 3.68. The average Bonchev–Trinajstić information content (AvgIpc) is 1.58. The van der Waals surface area contributed by atoms with Crippen molar-refractivity contribution in [1.82, 2.24) is 39.0 Å². The first-order chi connectivity index (χ1) is 50.5. The van der Waals surface area contributed by atoms with E-state index in [-0.39, 0.29) is 0 Å². The van der Waals surface area contributed by atoms with Crippen LogP contribution in [0.4, 0.5) is 0 Å². The Kier molecular flexibility index (Phi) is 12.3. The highest BCUT2D eigenvalue weighted by Crippen LogP contribution is 2.48. The van der Waals surface area contributed by atoms with Crippen molar-refractivity contribution in [3.63, 3.8) is 0 Å². The molecule has 22 rings (SSSR count). The Bertz CT molecular complexity index is 7160. The molecule has 22 aromatic rings. The molecular weight excluding hydrogens is 1290 g/mol. The zero-order chi connectivity index (χ0) is 66.7. The van der Waals surface area contributed by atoms with Crippen LogP contribution in [-0.2, 0) is 0 Å². The molecule has 0 atom stereocenters. The molecule has 474 valence electrons. The van der Waals surface area contributed by atoms with Crippen LogP contribution in [0.2, 0.25) is 0 Å². The second-order valence-electron chi connectivity index (χ2n) is 26.0. The number of benzene rings is 14. The van der Waals surface area contributed by atoms with Crippen molar-refractivity contribution < 1.29 is 8.83 Å². The smallest absolute Gasteiger partial charge is 0.165 e. The Hall–Kier alpha value is -13.3. The van der Waals surface area contributed by atoms with Crippen LogP contribution in [-0.4, -0.2) is 39.0 Å². The SMILES string of the molecule is c1ccc(-c2nc(-c3ccccc3)nc(-c3cccc4c3sc3cc5c(cc34)oc3c(-n4c6ccccc6c6ccc(-c7cccc(-c8nc(-c9ccccc9)nc(-c9cccc%10c9sc9cc%11oc%12c(-n%13c%14ccccc%14c%14ccccc%14%13)cccc%12c%11cc9%10)n8)c7)cc64)cccc35)n2)cc1. The maximum Gasteiger partial charge on any atom is 0.165 e. The topological polar surface area (TPSA) is 113 Å². The highest BCUT2D eigenvalue weighted by molar-refractivity contribution is 7.26. The molecule has 0 aliphatic rings. The first-order valence-corrected chi connectivity index (χ1v) is 35.6. The van der Waals surface area contributed by atoms with E-state index in [1.807, 2.05) is 78.9 Å². The summed E-state index contributed by atoms with van der Waals surface area (Å²) >= 11 is 3.50. The molecule has 0 saturated carbocycles. The summed E-state index contributed by atoms with van der Waals surface area (Å²) in [4.78, 5) is 31.2. The molecule has 0 fully saturated rings. The van der Waals surface area contributed by atoms with Gasteiger partial charge in [0, 0.05) is 117 Å². The van der Waals surface area contributed by atoms with E-state index in [9.17, 15) is 0 Å². The normalized spacial score (nSPS) is 12.1. The van der Waals surface area contributed by atoms with Crippen LogP contribution in [0.1, 0.15) is 0 Å². The van der Waals surface area contributed by atoms with E-state index >= 15 is 0 Å². The minimum absolute atomic E-state index is 0.583. The Morgan fingerprint density at radius 3 is 1.14 bits per heavy atom. The van der Waals surface area contributed by atoms with Gasteiger partial charge in [0.25, 0.3) is 0 Å². The van der Waals surface area contributed by atoms with Crippen molar-refractivity contribution in [2.45, 2.75) is 0 Å². The predicted molar refractivity (Wildman–Crippen MR) is 420 cm³/mol. The fourth-order valence-corrected chi connectivity index (χ4v) is 18.0. The van der Waals surface area contributed by atoms with Gasteiger partial charge < -0.3 is 18.0 Å². The summed E-state index contributed by atoms with van der Waals surface area (Å²) < 4.78 is 23.3. The van der Waals surface area contributed by atoms with Gasteiger partial charge in [-0.2, -0.15) is 0 Å². The first kappa shape index (κ1) is 56.7. The average molecular weight is 1340 g/mol. The zero-order valence-corrected chi connectivity index (χ0v) is 55.7.